The summed E-state index contributed by atoms with van der Waals surface area (Å²) >= 11 is 0. The number of hydrogen-bond acceptors (Lipinski definition) is 3. The second-order valence-corrected chi connectivity index (χ2v) is 5.95. The molecule has 0 saturated heterocycles. The lowest BCUT2D eigenvalue weighted by molar-refractivity contribution is 0.0789. The topological polar surface area (TPSA) is 50.1 Å². The maximum absolute atomic E-state index is 9.71. The van der Waals surface area contributed by atoms with Crippen LogP contribution < -0.4 is 5.32 Å². The van der Waals surface area contributed by atoms with Gasteiger partial charge in [-0.25, -0.2) is 0 Å². The third-order valence-electron chi connectivity index (χ3n) is 4.51. The van der Waals surface area contributed by atoms with Gasteiger partial charge in [0.25, 0.3) is 0 Å². The van der Waals surface area contributed by atoms with Crippen molar-refractivity contribution in [3.63, 3.8) is 0 Å². The zero-order valence-corrected chi connectivity index (χ0v) is 12.2. The van der Waals surface area contributed by atoms with E-state index in [1.807, 2.05) is 10.9 Å². The highest BCUT2D eigenvalue weighted by molar-refractivity contribution is 5.09. The Hall–Kier alpha value is -0.870. The Kier molecular flexibility index (Phi) is 4.99. The first kappa shape index (κ1) is 14.5. The number of aliphatic hydroxyl groups excluding tert-OH is 1. The minimum absolute atomic E-state index is 0.104. The van der Waals surface area contributed by atoms with E-state index < -0.39 is 0 Å². The van der Waals surface area contributed by atoms with Crippen LogP contribution in [-0.4, -0.2) is 28.0 Å². The maximum Gasteiger partial charge on any atom is 0.0537 e. The van der Waals surface area contributed by atoms with Gasteiger partial charge in [0.1, 0.15) is 0 Å². The molecule has 1 aromatic heterocycles. The standard InChI is InChI=1S/C15H27N3O/c1-3-18-10-14(9-17-18)13(2)16-11-15(12-19)7-5-4-6-8-15/h9-10,13,16,19H,3-8,11-12H2,1-2H3. The molecule has 1 aliphatic carbocycles. The van der Waals surface area contributed by atoms with Gasteiger partial charge in [0.2, 0.25) is 0 Å². The van der Waals surface area contributed by atoms with Gasteiger partial charge in [-0.2, -0.15) is 5.10 Å². The quantitative estimate of drug-likeness (QED) is 0.831. The van der Waals surface area contributed by atoms with Gasteiger partial charge in [0.15, 0.2) is 0 Å². The van der Waals surface area contributed by atoms with E-state index in [1.54, 1.807) is 0 Å². The average molecular weight is 265 g/mol. The molecule has 0 aliphatic heterocycles. The van der Waals surface area contributed by atoms with E-state index in [4.69, 9.17) is 0 Å². The third-order valence-corrected chi connectivity index (χ3v) is 4.51. The molecule has 0 amide bonds. The van der Waals surface area contributed by atoms with Gasteiger partial charge in [0, 0.05) is 42.9 Å². The number of rotatable bonds is 6. The Bertz CT molecular complexity index is 382. The van der Waals surface area contributed by atoms with Crippen molar-refractivity contribution in [2.75, 3.05) is 13.2 Å². The van der Waals surface area contributed by atoms with Crippen molar-refractivity contribution in [1.29, 1.82) is 0 Å². The molecule has 0 aromatic carbocycles. The second kappa shape index (κ2) is 6.53. The predicted octanol–water partition coefficient (Wildman–Crippen LogP) is 2.50. The molecule has 2 rings (SSSR count). The first-order valence-corrected chi connectivity index (χ1v) is 7.56. The SMILES string of the molecule is CCn1cc(C(C)NCC2(CO)CCCCC2)cn1. The minimum Gasteiger partial charge on any atom is -0.396 e. The summed E-state index contributed by atoms with van der Waals surface area (Å²) < 4.78 is 1.95. The van der Waals surface area contributed by atoms with Crippen molar-refractivity contribution >= 4 is 0 Å². The van der Waals surface area contributed by atoms with Crippen molar-refractivity contribution in [3.05, 3.63) is 18.0 Å². The van der Waals surface area contributed by atoms with Crippen LogP contribution in [0.2, 0.25) is 0 Å². The molecule has 2 N–H and O–H groups in total. The van der Waals surface area contributed by atoms with Crippen LogP contribution in [0.5, 0.6) is 0 Å². The van der Waals surface area contributed by atoms with Crippen LogP contribution >= 0.6 is 0 Å². The van der Waals surface area contributed by atoms with Crippen LogP contribution in [-0.2, 0) is 6.54 Å². The molecule has 108 valence electrons. The molecule has 4 nitrogen and oxygen atoms in total. The number of hydrogen-bond donors (Lipinski definition) is 2. The van der Waals surface area contributed by atoms with Crippen molar-refractivity contribution in [3.8, 4) is 0 Å². The first-order chi connectivity index (χ1) is 9.19. The normalized spacial score (nSPS) is 20.4. The molecule has 4 heteroatoms. The molecule has 0 radical (unpaired) electrons. The van der Waals surface area contributed by atoms with Crippen LogP contribution in [0.25, 0.3) is 0 Å². The zero-order chi connectivity index (χ0) is 13.7. The molecule has 19 heavy (non-hydrogen) atoms. The Morgan fingerprint density at radius 1 is 1.42 bits per heavy atom. The fraction of sp³-hybridized carbons (Fsp3) is 0.800. The number of nitrogens with one attached hydrogen (secondary N) is 1. The Morgan fingerprint density at radius 2 is 2.16 bits per heavy atom. The third kappa shape index (κ3) is 3.57. The van der Waals surface area contributed by atoms with Gasteiger partial charge in [-0.15, -0.1) is 0 Å². The number of aromatic nitrogens is 2. The van der Waals surface area contributed by atoms with E-state index in [1.165, 1.54) is 24.8 Å². The van der Waals surface area contributed by atoms with Gasteiger partial charge >= 0.3 is 0 Å². The molecule has 0 spiro atoms. The summed E-state index contributed by atoms with van der Waals surface area (Å²) in [7, 11) is 0. The van der Waals surface area contributed by atoms with Gasteiger partial charge < -0.3 is 10.4 Å². The predicted molar refractivity (Wildman–Crippen MR) is 76.9 cm³/mol. The minimum atomic E-state index is 0.104. The fourth-order valence-electron chi connectivity index (χ4n) is 2.96. The Labute approximate surface area is 116 Å². The van der Waals surface area contributed by atoms with Crippen LogP contribution in [0.4, 0.5) is 0 Å². The smallest absolute Gasteiger partial charge is 0.0537 e. The summed E-state index contributed by atoms with van der Waals surface area (Å²) in [6, 6.07) is 0.297. The summed E-state index contributed by atoms with van der Waals surface area (Å²) in [5.41, 5.74) is 1.33. The lowest BCUT2D eigenvalue weighted by atomic mass is 9.74. The van der Waals surface area contributed by atoms with E-state index in [0.717, 1.165) is 25.9 Å². The maximum atomic E-state index is 9.71. The van der Waals surface area contributed by atoms with E-state index in [2.05, 4.69) is 30.5 Å². The van der Waals surface area contributed by atoms with Crippen LogP contribution in [0.3, 0.4) is 0 Å². The van der Waals surface area contributed by atoms with Gasteiger partial charge in [-0.3, -0.25) is 4.68 Å². The Morgan fingerprint density at radius 3 is 2.74 bits per heavy atom. The fourth-order valence-corrected chi connectivity index (χ4v) is 2.96. The molecule has 1 heterocycles. The monoisotopic (exact) mass is 265 g/mol. The van der Waals surface area contributed by atoms with Gasteiger partial charge in [0.05, 0.1) is 6.20 Å². The first-order valence-electron chi connectivity index (χ1n) is 7.56. The molecule has 1 saturated carbocycles. The molecule has 0 bridgehead atoms. The highest BCUT2D eigenvalue weighted by Crippen LogP contribution is 2.35. The highest BCUT2D eigenvalue weighted by Gasteiger charge is 2.31. The molecule has 1 aliphatic rings. The van der Waals surface area contributed by atoms with E-state index in [-0.39, 0.29) is 5.41 Å². The molecule has 1 fully saturated rings. The van der Waals surface area contributed by atoms with E-state index in [9.17, 15) is 5.11 Å². The molecule has 1 atom stereocenters. The number of aliphatic hydroxyl groups is 1. The molecule has 1 aromatic rings. The lowest BCUT2D eigenvalue weighted by Crippen LogP contribution is -2.39. The Balaban J connectivity index is 1.89. The number of nitrogens with zero attached hydrogens (tertiary/aromatic N) is 2. The highest BCUT2D eigenvalue weighted by atomic mass is 16.3. The second-order valence-electron chi connectivity index (χ2n) is 5.95. The summed E-state index contributed by atoms with van der Waals surface area (Å²) in [5, 5.41) is 17.6. The summed E-state index contributed by atoms with van der Waals surface area (Å²) in [5.74, 6) is 0. The largest absolute Gasteiger partial charge is 0.396 e. The summed E-state index contributed by atoms with van der Waals surface area (Å²) in [6.07, 6.45) is 10.2. The zero-order valence-electron chi connectivity index (χ0n) is 12.2. The number of aryl methyl sites for hydroxylation is 1. The van der Waals surface area contributed by atoms with Crippen molar-refractivity contribution in [2.45, 2.75) is 58.5 Å². The average Bonchev–Trinajstić information content (AvgIpc) is 2.95. The van der Waals surface area contributed by atoms with E-state index in [0.29, 0.717) is 12.6 Å². The van der Waals surface area contributed by atoms with Gasteiger partial charge in [-0.05, 0) is 26.7 Å². The molecule has 1 unspecified atom stereocenters. The van der Waals surface area contributed by atoms with Crippen LogP contribution in [0.1, 0.15) is 57.6 Å². The van der Waals surface area contributed by atoms with Crippen LogP contribution in [0.15, 0.2) is 12.4 Å². The summed E-state index contributed by atoms with van der Waals surface area (Å²) in [4.78, 5) is 0. The van der Waals surface area contributed by atoms with Gasteiger partial charge in [-0.1, -0.05) is 19.3 Å². The van der Waals surface area contributed by atoms with Crippen molar-refractivity contribution in [2.24, 2.45) is 5.41 Å². The molecular formula is C15H27N3O. The van der Waals surface area contributed by atoms with E-state index >= 15 is 0 Å². The molecular weight excluding hydrogens is 238 g/mol. The van der Waals surface area contributed by atoms with Crippen molar-refractivity contribution in [1.82, 2.24) is 15.1 Å². The van der Waals surface area contributed by atoms with Crippen LogP contribution in [0, 0.1) is 5.41 Å². The lowest BCUT2D eigenvalue weighted by Gasteiger charge is -2.36. The van der Waals surface area contributed by atoms with Crippen molar-refractivity contribution < 1.29 is 5.11 Å². The summed E-state index contributed by atoms with van der Waals surface area (Å²) in [6.45, 7) is 6.39.